The van der Waals surface area contributed by atoms with E-state index in [1.807, 2.05) is 20.8 Å². The minimum Gasteiger partial charge on any atom is -0.378 e. The lowest BCUT2D eigenvalue weighted by molar-refractivity contribution is -0.169. The Morgan fingerprint density at radius 3 is 2.12 bits per heavy atom. The van der Waals surface area contributed by atoms with Crippen molar-refractivity contribution in [2.45, 2.75) is 32.8 Å². The fourth-order valence-corrected chi connectivity index (χ4v) is 2.06. The highest BCUT2D eigenvalue weighted by molar-refractivity contribution is 6.20. The highest BCUT2D eigenvalue weighted by atomic mass is 16.7. The molecule has 0 N–H and O–H groups in total. The van der Waals surface area contributed by atoms with Crippen molar-refractivity contribution in [1.82, 2.24) is 5.06 Å². The Kier molecular flexibility index (Phi) is 5.69. The van der Waals surface area contributed by atoms with Crippen molar-refractivity contribution in [3.05, 3.63) is 35.4 Å². The smallest absolute Gasteiger partial charge is 0.335 e. The lowest BCUT2D eigenvalue weighted by Crippen LogP contribution is -2.33. The molecule has 130 valence electrons. The molecule has 1 aliphatic rings. The van der Waals surface area contributed by atoms with Gasteiger partial charge >= 0.3 is 5.97 Å². The SMILES string of the molecule is CC(C)(C)OCCOCCC(=O)ON1C(=O)c2ccccc2C1=O. The Morgan fingerprint density at radius 1 is 1.00 bits per heavy atom. The topological polar surface area (TPSA) is 82.1 Å². The Hall–Kier alpha value is -2.25. The number of carbonyl (C=O) groups excluding carboxylic acids is 3. The molecule has 0 aliphatic carbocycles. The highest BCUT2D eigenvalue weighted by Gasteiger charge is 2.38. The second-order valence-corrected chi connectivity index (χ2v) is 6.24. The molecule has 7 heteroatoms. The molecule has 0 spiro atoms. The molecule has 7 nitrogen and oxygen atoms in total. The van der Waals surface area contributed by atoms with Crippen molar-refractivity contribution in [3.8, 4) is 0 Å². The fourth-order valence-electron chi connectivity index (χ4n) is 2.06. The largest absolute Gasteiger partial charge is 0.378 e. The van der Waals surface area contributed by atoms with Crippen LogP contribution in [0.1, 0.15) is 47.9 Å². The molecule has 0 saturated carbocycles. The lowest BCUT2D eigenvalue weighted by atomic mass is 10.1. The van der Waals surface area contributed by atoms with Crippen LogP contribution in [0, 0.1) is 0 Å². The van der Waals surface area contributed by atoms with Crippen LogP contribution in [0.3, 0.4) is 0 Å². The van der Waals surface area contributed by atoms with Gasteiger partial charge in [0.15, 0.2) is 0 Å². The molecular formula is C17H21NO6. The zero-order chi connectivity index (χ0) is 17.7. The van der Waals surface area contributed by atoms with Gasteiger partial charge in [0.1, 0.15) is 0 Å². The molecule has 24 heavy (non-hydrogen) atoms. The quantitative estimate of drug-likeness (QED) is 0.560. The van der Waals surface area contributed by atoms with Crippen molar-refractivity contribution in [3.63, 3.8) is 0 Å². The molecule has 0 fully saturated rings. The zero-order valence-electron chi connectivity index (χ0n) is 14.0. The molecule has 1 aromatic rings. The Labute approximate surface area is 140 Å². The van der Waals surface area contributed by atoms with E-state index in [0.717, 1.165) is 0 Å². The second kappa shape index (κ2) is 7.55. The number of imide groups is 1. The monoisotopic (exact) mass is 335 g/mol. The van der Waals surface area contributed by atoms with Crippen LogP contribution in [0.25, 0.3) is 0 Å². The van der Waals surface area contributed by atoms with Gasteiger partial charge in [0.05, 0.1) is 43.0 Å². The Balaban J connectivity index is 1.72. The first kappa shape index (κ1) is 18.1. The van der Waals surface area contributed by atoms with E-state index in [9.17, 15) is 14.4 Å². The summed E-state index contributed by atoms with van der Waals surface area (Å²) >= 11 is 0. The molecular weight excluding hydrogens is 314 g/mol. The van der Waals surface area contributed by atoms with E-state index in [0.29, 0.717) is 18.3 Å². The number of rotatable bonds is 7. The number of hydrogen-bond donors (Lipinski definition) is 0. The number of hydroxylamine groups is 2. The number of carbonyl (C=O) groups is 3. The third-order valence-corrected chi connectivity index (χ3v) is 3.16. The van der Waals surface area contributed by atoms with Crippen LogP contribution >= 0.6 is 0 Å². The van der Waals surface area contributed by atoms with E-state index in [1.165, 1.54) is 12.1 Å². The second-order valence-electron chi connectivity index (χ2n) is 6.24. The fraction of sp³-hybridized carbons (Fsp3) is 0.471. The number of amides is 2. The first-order valence-electron chi connectivity index (χ1n) is 7.70. The average Bonchev–Trinajstić information content (AvgIpc) is 2.75. The van der Waals surface area contributed by atoms with Crippen LogP contribution in [0.4, 0.5) is 0 Å². The normalized spacial score (nSPS) is 14.0. The van der Waals surface area contributed by atoms with Crippen LogP contribution in [0.15, 0.2) is 24.3 Å². The number of ether oxygens (including phenoxy) is 2. The van der Waals surface area contributed by atoms with Crippen molar-refractivity contribution in [2.75, 3.05) is 19.8 Å². The summed E-state index contributed by atoms with van der Waals surface area (Å²) in [6.07, 6.45) is -0.0665. The van der Waals surface area contributed by atoms with Crippen LogP contribution in [-0.2, 0) is 19.1 Å². The first-order chi connectivity index (χ1) is 11.3. The Bertz CT molecular complexity index is 599. The van der Waals surface area contributed by atoms with Crippen LogP contribution in [-0.4, -0.2) is 48.3 Å². The molecule has 0 atom stereocenters. The summed E-state index contributed by atoms with van der Waals surface area (Å²) in [6.45, 7) is 6.69. The summed E-state index contributed by atoms with van der Waals surface area (Å²) < 4.78 is 10.7. The summed E-state index contributed by atoms with van der Waals surface area (Å²) in [5.74, 6) is -1.98. The van der Waals surface area contributed by atoms with E-state index in [-0.39, 0.29) is 29.8 Å². The molecule has 0 bridgehead atoms. The van der Waals surface area contributed by atoms with E-state index in [1.54, 1.807) is 12.1 Å². The van der Waals surface area contributed by atoms with Crippen molar-refractivity contribution >= 4 is 17.8 Å². The minimum absolute atomic E-state index is 0.0665. The highest BCUT2D eigenvalue weighted by Crippen LogP contribution is 2.22. The van der Waals surface area contributed by atoms with Gasteiger partial charge in [0.25, 0.3) is 11.8 Å². The maximum atomic E-state index is 12.0. The summed E-state index contributed by atoms with van der Waals surface area (Å²) in [5.41, 5.74) is 0.213. The van der Waals surface area contributed by atoms with Gasteiger partial charge in [-0.05, 0) is 32.9 Å². The third-order valence-electron chi connectivity index (χ3n) is 3.16. The van der Waals surface area contributed by atoms with Gasteiger partial charge in [-0.3, -0.25) is 9.59 Å². The van der Waals surface area contributed by atoms with Gasteiger partial charge in [0, 0.05) is 0 Å². The van der Waals surface area contributed by atoms with Gasteiger partial charge in [-0.1, -0.05) is 17.2 Å². The molecule has 1 heterocycles. The van der Waals surface area contributed by atoms with Gasteiger partial charge in [-0.15, -0.1) is 0 Å². The minimum atomic E-state index is -0.707. The molecule has 2 amide bonds. The standard InChI is InChI=1S/C17H21NO6/c1-17(2,3)23-11-10-22-9-8-14(19)24-18-15(20)12-6-4-5-7-13(12)16(18)21/h4-7H,8-11H2,1-3H3. The molecule has 0 aromatic heterocycles. The Morgan fingerprint density at radius 2 is 1.58 bits per heavy atom. The molecule has 0 radical (unpaired) electrons. The van der Waals surface area contributed by atoms with E-state index in [4.69, 9.17) is 14.3 Å². The predicted octanol–water partition coefficient (Wildman–Crippen LogP) is 1.96. The third kappa shape index (κ3) is 4.62. The summed E-state index contributed by atoms with van der Waals surface area (Å²) in [5, 5.41) is 0.496. The van der Waals surface area contributed by atoms with Gasteiger partial charge in [0.2, 0.25) is 0 Å². The lowest BCUT2D eigenvalue weighted by Gasteiger charge is -2.19. The van der Waals surface area contributed by atoms with Crippen LogP contribution < -0.4 is 0 Å². The number of hydrogen-bond acceptors (Lipinski definition) is 6. The summed E-state index contributed by atoms with van der Waals surface area (Å²) in [4.78, 5) is 40.7. The predicted molar refractivity (Wildman–Crippen MR) is 84.2 cm³/mol. The maximum absolute atomic E-state index is 12.0. The van der Waals surface area contributed by atoms with Crippen molar-refractivity contribution < 1.29 is 28.7 Å². The summed E-state index contributed by atoms with van der Waals surface area (Å²) in [7, 11) is 0. The van der Waals surface area contributed by atoms with Crippen molar-refractivity contribution in [1.29, 1.82) is 0 Å². The van der Waals surface area contributed by atoms with Gasteiger partial charge < -0.3 is 14.3 Å². The molecule has 0 saturated heterocycles. The van der Waals surface area contributed by atoms with E-state index < -0.39 is 17.8 Å². The van der Waals surface area contributed by atoms with Gasteiger partial charge in [-0.25, -0.2) is 4.79 Å². The molecule has 2 rings (SSSR count). The van der Waals surface area contributed by atoms with Crippen LogP contribution in [0.5, 0.6) is 0 Å². The number of nitrogens with zero attached hydrogens (tertiary/aromatic N) is 1. The summed E-state index contributed by atoms with van der Waals surface area (Å²) in [6, 6.07) is 6.31. The average molecular weight is 335 g/mol. The van der Waals surface area contributed by atoms with Crippen molar-refractivity contribution in [2.24, 2.45) is 0 Å². The number of benzene rings is 1. The molecule has 1 aromatic carbocycles. The first-order valence-corrected chi connectivity index (χ1v) is 7.70. The van der Waals surface area contributed by atoms with Gasteiger partial charge in [-0.2, -0.15) is 0 Å². The molecule has 1 aliphatic heterocycles. The molecule has 0 unspecified atom stereocenters. The maximum Gasteiger partial charge on any atom is 0.335 e. The van der Waals surface area contributed by atoms with E-state index >= 15 is 0 Å². The van der Waals surface area contributed by atoms with E-state index in [2.05, 4.69) is 0 Å². The van der Waals surface area contributed by atoms with Crippen LogP contribution in [0.2, 0.25) is 0 Å². The number of fused-ring (bicyclic) bond motifs is 1. The zero-order valence-corrected chi connectivity index (χ0v) is 14.0.